The van der Waals surface area contributed by atoms with Crippen LogP contribution < -0.4 is 10.5 Å². The number of likely N-dealkylation sites (tertiary alicyclic amines) is 1. The molecule has 0 aromatic carbocycles. The van der Waals surface area contributed by atoms with Crippen LogP contribution in [0.1, 0.15) is 12.8 Å². The number of rotatable bonds is 7. The van der Waals surface area contributed by atoms with Crippen molar-refractivity contribution in [3.05, 3.63) is 0 Å². The molecule has 0 saturated carbocycles. The Morgan fingerprint density at radius 1 is 1.50 bits per heavy atom. The number of hydrogen-bond acceptors (Lipinski definition) is 5. The SMILES string of the molecule is NS(=O)(=O)CCN1CCCC(CNCC(=O)O)C1. The Labute approximate surface area is 107 Å². The van der Waals surface area contributed by atoms with E-state index in [0.29, 0.717) is 19.0 Å². The lowest BCUT2D eigenvalue weighted by molar-refractivity contribution is -0.136. The quantitative estimate of drug-likeness (QED) is 0.532. The predicted molar refractivity (Wildman–Crippen MR) is 67.6 cm³/mol. The van der Waals surface area contributed by atoms with Gasteiger partial charge in [-0.25, -0.2) is 13.6 Å². The zero-order valence-electron chi connectivity index (χ0n) is 10.3. The van der Waals surface area contributed by atoms with Gasteiger partial charge in [0.05, 0.1) is 12.3 Å². The van der Waals surface area contributed by atoms with E-state index in [1.165, 1.54) is 0 Å². The second-order valence-electron chi connectivity index (χ2n) is 4.70. The Balaban J connectivity index is 2.25. The zero-order chi connectivity index (χ0) is 13.6. The van der Waals surface area contributed by atoms with Crippen LogP contribution in [0.4, 0.5) is 0 Å². The second-order valence-corrected chi connectivity index (χ2v) is 6.43. The monoisotopic (exact) mass is 279 g/mol. The fraction of sp³-hybridized carbons (Fsp3) is 0.900. The maximum absolute atomic E-state index is 10.9. The van der Waals surface area contributed by atoms with Gasteiger partial charge in [0.15, 0.2) is 0 Å². The van der Waals surface area contributed by atoms with Crippen LogP contribution in [0.2, 0.25) is 0 Å². The molecule has 1 saturated heterocycles. The molecule has 0 aromatic heterocycles. The highest BCUT2D eigenvalue weighted by molar-refractivity contribution is 7.89. The van der Waals surface area contributed by atoms with Gasteiger partial charge in [-0.1, -0.05) is 0 Å². The molecule has 4 N–H and O–H groups in total. The van der Waals surface area contributed by atoms with Crippen LogP contribution in [-0.2, 0) is 14.8 Å². The molecule has 1 fully saturated rings. The fourth-order valence-electron chi connectivity index (χ4n) is 2.16. The van der Waals surface area contributed by atoms with E-state index in [2.05, 4.69) is 10.2 Å². The van der Waals surface area contributed by atoms with Crippen molar-refractivity contribution in [1.29, 1.82) is 0 Å². The third kappa shape index (κ3) is 6.90. The highest BCUT2D eigenvalue weighted by Crippen LogP contribution is 2.15. The van der Waals surface area contributed by atoms with Crippen molar-refractivity contribution < 1.29 is 18.3 Å². The van der Waals surface area contributed by atoms with E-state index in [1.54, 1.807) is 0 Å². The van der Waals surface area contributed by atoms with Crippen LogP contribution in [0.5, 0.6) is 0 Å². The summed E-state index contributed by atoms with van der Waals surface area (Å²) in [6.45, 7) is 2.74. The van der Waals surface area contributed by atoms with Gasteiger partial charge in [-0.05, 0) is 31.8 Å². The summed E-state index contributed by atoms with van der Waals surface area (Å²) in [7, 11) is -3.40. The first-order valence-electron chi connectivity index (χ1n) is 6.02. The number of carboxylic acid groups (broad SMARTS) is 1. The van der Waals surface area contributed by atoms with Crippen LogP contribution >= 0.6 is 0 Å². The molecule has 0 radical (unpaired) electrons. The maximum Gasteiger partial charge on any atom is 0.317 e. The van der Waals surface area contributed by atoms with Gasteiger partial charge in [-0.3, -0.25) is 4.79 Å². The molecule has 7 nitrogen and oxygen atoms in total. The Morgan fingerprint density at radius 3 is 2.83 bits per heavy atom. The molecule has 1 aliphatic rings. The molecule has 1 rings (SSSR count). The number of hydrogen-bond donors (Lipinski definition) is 3. The lowest BCUT2D eigenvalue weighted by Crippen LogP contribution is -2.42. The summed E-state index contributed by atoms with van der Waals surface area (Å²) in [5, 5.41) is 16.4. The molecule has 0 aliphatic carbocycles. The molecule has 0 bridgehead atoms. The second kappa shape index (κ2) is 7.03. The van der Waals surface area contributed by atoms with Gasteiger partial charge in [0.25, 0.3) is 0 Å². The highest BCUT2D eigenvalue weighted by atomic mass is 32.2. The largest absolute Gasteiger partial charge is 0.480 e. The molecule has 106 valence electrons. The van der Waals surface area contributed by atoms with Gasteiger partial charge in [0, 0.05) is 13.1 Å². The molecule has 1 aliphatic heterocycles. The van der Waals surface area contributed by atoms with Crippen molar-refractivity contribution in [2.45, 2.75) is 12.8 Å². The first-order chi connectivity index (χ1) is 8.37. The summed E-state index contributed by atoms with van der Waals surface area (Å²) < 4.78 is 21.8. The minimum absolute atomic E-state index is 0.0255. The molecule has 0 amide bonds. The average molecular weight is 279 g/mol. The van der Waals surface area contributed by atoms with Crippen LogP contribution in [-0.4, -0.2) is 62.9 Å². The van der Waals surface area contributed by atoms with Crippen molar-refractivity contribution >= 4 is 16.0 Å². The number of nitrogens with two attached hydrogens (primary N) is 1. The lowest BCUT2D eigenvalue weighted by Gasteiger charge is -2.32. The Bertz CT molecular complexity index is 371. The van der Waals surface area contributed by atoms with Gasteiger partial charge in [0.2, 0.25) is 10.0 Å². The molecular formula is C10H21N3O4S. The maximum atomic E-state index is 10.9. The van der Waals surface area contributed by atoms with E-state index >= 15 is 0 Å². The molecular weight excluding hydrogens is 258 g/mol. The van der Waals surface area contributed by atoms with Crippen molar-refractivity contribution in [3.63, 3.8) is 0 Å². The van der Waals surface area contributed by atoms with Gasteiger partial charge >= 0.3 is 5.97 Å². The zero-order valence-corrected chi connectivity index (χ0v) is 11.2. The summed E-state index contributed by atoms with van der Waals surface area (Å²) >= 11 is 0. The van der Waals surface area contributed by atoms with E-state index in [-0.39, 0.29) is 12.3 Å². The van der Waals surface area contributed by atoms with Gasteiger partial charge in [-0.2, -0.15) is 0 Å². The number of carbonyl (C=O) groups is 1. The van der Waals surface area contributed by atoms with Crippen LogP contribution in [0.15, 0.2) is 0 Å². The lowest BCUT2D eigenvalue weighted by atomic mass is 9.98. The normalized spacial score (nSPS) is 21.9. The summed E-state index contributed by atoms with van der Waals surface area (Å²) in [5.41, 5.74) is 0. The fourth-order valence-corrected chi connectivity index (χ4v) is 2.67. The molecule has 8 heteroatoms. The van der Waals surface area contributed by atoms with Crippen LogP contribution in [0, 0.1) is 5.92 Å². The van der Waals surface area contributed by atoms with Crippen molar-refractivity contribution in [3.8, 4) is 0 Å². The molecule has 1 heterocycles. The number of nitrogens with zero attached hydrogens (tertiary/aromatic N) is 1. The Morgan fingerprint density at radius 2 is 2.22 bits per heavy atom. The number of carboxylic acids is 1. The standard InChI is InChI=1S/C10H21N3O4S/c11-18(16,17)5-4-13-3-1-2-9(8-13)6-12-7-10(14)15/h9,12H,1-8H2,(H,14,15)(H2,11,16,17). The Hall–Kier alpha value is -0.700. The van der Waals surface area contributed by atoms with E-state index in [1.807, 2.05) is 0 Å². The molecule has 1 atom stereocenters. The topological polar surface area (TPSA) is 113 Å². The predicted octanol–water partition coefficient (Wildman–Crippen LogP) is -1.34. The Kier molecular flexibility index (Phi) is 6.00. The summed E-state index contributed by atoms with van der Waals surface area (Å²) in [6, 6.07) is 0. The molecule has 0 spiro atoms. The number of piperidine rings is 1. The molecule has 1 unspecified atom stereocenters. The van der Waals surface area contributed by atoms with E-state index in [9.17, 15) is 13.2 Å². The smallest absolute Gasteiger partial charge is 0.317 e. The van der Waals surface area contributed by atoms with Crippen molar-refractivity contribution in [2.24, 2.45) is 11.1 Å². The van der Waals surface area contributed by atoms with E-state index in [4.69, 9.17) is 10.2 Å². The number of nitrogens with one attached hydrogen (secondary N) is 1. The van der Waals surface area contributed by atoms with Gasteiger partial charge in [-0.15, -0.1) is 0 Å². The first-order valence-corrected chi connectivity index (χ1v) is 7.73. The van der Waals surface area contributed by atoms with Gasteiger partial charge in [0.1, 0.15) is 0 Å². The highest BCUT2D eigenvalue weighted by Gasteiger charge is 2.20. The van der Waals surface area contributed by atoms with E-state index in [0.717, 1.165) is 25.9 Å². The van der Waals surface area contributed by atoms with Crippen molar-refractivity contribution in [2.75, 3.05) is 38.5 Å². The third-order valence-electron chi connectivity index (χ3n) is 3.00. The minimum Gasteiger partial charge on any atom is -0.480 e. The first kappa shape index (κ1) is 15.4. The third-order valence-corrected chi connectivity index (χ3v) is 3.76. The number of primary sulfonamides is 1. The van der Waals surface area contributed by atoms with E-state index < -0.39 is 16.0 Å². The minimum atomic E-state index is -3.40. The van der Waals surface area contributed by atoms with Gasteiger partial charge < -0.3 is 15.3 Å². The summed E-state index contributed by atoms with van der Waals surface area (Å²) in [5.74, 6) is -0.516. The number of aliphatic carboxylic acids is 1. The van der Waals surface area contributed by atoms with Crippen molar-refractivity contribution in [1.82, 2.24) is 10.2 Å². The van der Waals surface area contributed by atoms with Crippen LogP contribution in [0.25, 0.3) is 0 Å². The summed E-state index contributed by atoms with van der Waals surface area (Å²) in [4.78, 5) is 12.4. The number of sulfonamides is 1. The molecule has 0 aromatic rings. The average Bonchev–Trinajstić information content (AvgIpc) is 2.26. The molecule has 18 heavy (non-hydrogen) atoms. The summed E-state index contributed by atoms with van der Waals surface area (Å²) in [6.07, 6.45) is 2.04. The van der Waals surface area contributed by atoms with Crippen LogP contribution in [0.3, 0.4) is 0 Å².